The largest absolute Gasteiger partial charge is 0.497 e. The molecule has 0 saturated carbocycles. The lowest BCUT2D eigenvalue weighted by Gasteiger charge is -2.35. The van der Waals surface area contributed by atoms with Crippen molar-refractivity contribution in [2.75, 3.05) is 38.2 Å². The Labute approximate surface area is 259 Å². The zero-order chi connectivity index (χ0) is 31.5. The molecule has 3 aliphatic heterocycles. The minimum Gasteiger partial charge on any atom is -0.497 e. The highest BCUT2D eigenvalue weighted by Gasteiger charge is 2.45. The summed E-state index contributed by atoms with van der Waals surface area (Å²) in [6.45, 7) is 6.16. The van der Waals surface area contributed by atoms with Crippen LogP contribution in [-0.2, 0) is 34.7 Å². The Kier molecular flexibility index (Phi) is 7.00. The van der Waals surface area contributed by atoms with Crippen molar-refractivity contribution in [1.29, 1.82) is 0 Å². The van der Waals surface area contributed by atoms with Gasteiger partial charge in [0.1, 0.15) is 18.1 Å². The highest BCUT2D eigenvalue weighted by molar-refractivity contribution is 5.93. The van der Waals surface area contributed by atoms with Gasteiger partial charge in [0.2, 0.25) is 0 Å². The van der Waals surface area contributed by atoms with E-state index in [0.29, 0.717) is 60.6 Å². The molecule has 232 valence electrons. The number of rotatable bonds is 5. The van der Waals surface area contributed by atoms with E-state index >= 15 is 0 Å². The minimum atomic E-state index is -1.89. The van der Waals surface area contributed by atoms with Crippen LogP contribution in [0.3, 0.4) is 0 Å². The number of carbonyl (C=O) groups is 2. The first-order valence-electron chi connectivity index (χ1n) is 15.2. The van der Waals surface area contributed by atoms with Crippen LogP contribution >= 0.6 is 0 Å². The topological polar surface area (TPSA) is 123 Å². The third-order valence-electron chi connectivity index (χ3n) is 9.27. The number of esters is 1. The normalized spacial score (nSPS) is 18.7. The molecular formula is C34H34N4O7. The average Bonchev–Trinajstić information content (AvgIpc) is 3.44. The van der Waals surface area contributed by atoms with Crippen molar-refractivity contribution in [1.82, 2.24) is 14.5 Å². The number of aliphatic hydroxyl groups is 1. The van der Waals surface area contributed by atoms with Gasteiger partial charge in [-0.3, -0.25) is 4.79 Å². The van der Waals surface area contributed by atoms with Gasteiger partial charge >= 0.3 is 12.1 Å². The van der Waals surface area contributed by atoms with Crippen LogP contribution in [0.1, 0.15) is 42.5 Å². The first-order chi connectivity index (χ1) is 21.7. The highest BCUT2D eigenvalue weighted by Crippen LogP contribution is 2.40. The Morgan fingerprint density at radius 2 is 1.80 bits per heavy atom. The molecule has 0 bridgehead atoms. The van der Waals surface area contributed by atoms with Gasteiger partial charge < -0.3 is 33.7 Å². The van der Waals surface area contributed by atoms with Gasteiger partial charge in [-0.2, -0.15) is 0 Å². The van der Waals surface area contributed by atoms with Crippen molar-refractivity contribution in [3.8, 4) is 22.9 Å². The zero-order valence-electron chi connectivity index (χ0n) is 25.5. The van der Waals surface area contributed by atoms with Gasteiger partial charge in [0, 0.05) is 48.4 Å². The van der Waals surface area contributed by atoms with Crippen LogP contribution in [0.5, 0.6) is 11.5 Å². The number of fused-ring (bicyclic) bond motifs is 5. The van der Waals surface area contributed by atoms with Crippen LogP contribution in [0, 0.1) is 0 Å². The van der Waals surface area contributed by atoms with Crippen LogP contribution in [0.4, 0.5) is 10.5 Å². The molecule has 2 aromatic carbocycles. The number of hydrogen-bond acceptors (Lipinski definition) is 9. The second-order valence-corrected chi connectivity index (χ2v) is 11.6. The number of aromatic nitrogens is 2. The molecule has 11 heteroatoms. The summed E-state index contributed by atoms with van der Waals surface area (Å²) in [6, 6.07) is 15.2. The number of hydrogen-bond donors (Lipinski definition) is 1. The van der Waals surface area contributed by atoms with Gasteiger partial charge in [0.25, 0.3) is 5.56 Å². The molecule has 1 saturated heterocycles. The fourth-order valence-corrected chi connectivity index (χ4v) is 6.57. The maximum Gasteiger partial charge on any atom is 0.415 e. The van der Waals surface area contributed by atoms with Crippen molar-refractivity contribution in [3.63, 3.8) is 0 Å². The highest BCUT2D eigenvalue weighted by atomic mass is 16.6. The van der Waals surface area contributed by atoms with E-state index < -0.39 is 17.7 Å². The molecule has 1 amide bonds. The lowest BCUT2D eigenvalue weighted by molar-refractivity contribution is -0.172. The smallest absolute Gasteiger partial charge is 0.415 e. The third kappa shape index (κ3) is 4.61. The van der Waals surface area contributed by atoms with E-state index in [1.165, 1.54) is 0 Å². The van der Waals surface area contributed by atoms with E-state index in [4.69, 9.17) is 19.2 Å². The first-order valence-corrected chi connectivity index (χ1v) is 15.2. The standard InChI is InChI=1S/C34H34N4O7/c1-4-20-6-11-28(45-33(41)37-14-12-36(13-15-37)22-7-9-23(43-3)10-8-22)24-16-21-18-38-27(30(21)35-29(20)24)17-26-25(31(38)39)19-44-32(40)34(26,42)5-2/h6-11,16-17,42H,4-5,12-15,18-19H2,1-3H3/t34-/m0/s1. The Morgan fingerprint density at radius 1 is 1.04 bits per heavy atom. The van der Waals surface area contributed by atoms with Crippen molar-refractivity contribution in [2.24, 2.45) is 0 Å². The fraction of sp³-hybridized carbons (Fsp3) is 0.353. The number of benzene rings is 2. The average molecular weight is 611 g/mol. The summed E-state index contributed by atoms with van der Waals surface area (Å²) in [6.07, 6.45) is 0.346. The van der Waals surface area contributed by atoms with E-state index in [1.54, 1.807) is 35.6 Å². The molecule has 2 aromatic heterocycles. The number of anilines is 1. The van der Waals surface area contributed by atoms with E-state index in [-0.39, 0.29) is 36.3 Å². The summed E-state index contributed by atoms with van der Waals surface area (Å²) in [7, 11) is 1.64. The number of pyridine rings is 2. The molecule has 1 N–H and O–H groups in total. The predicted molar refractivity (Wildman–Crippen MR) is 167 cm³/mol. The summed E-state index contributed by atoms with van der Waals surface area (Å²) in [5, 5.41) is 11.9. The minimum absolute atomic E-state index is 0.0744. The SMILES string of the molecule is CCc1ccc(OC(=O)N2CCN(c3ccc(OC)cc3)CC2)c2cc3c(nc12)-c1cc2c(c(=O)n1C3)COC(=O)[C@]2(O)CC. The number of piperazine rings is 1. The molecule has 0 spiro atoms. The Hall–Kier alpha value is -4.90. The number of aryl methyl sites for hydroxylation is 1. The van der Waals surface area contributed by atoms with E-state index in [1.807, 2.05) is 43.3 Å². The monoisotopic (exact) mass is 610 g/mol. The van der Waals surface area contributed by atoms with Gasteiger partial charge in [-0.25, -0.2) is 14.6 Å². The number of amides is 1. The molecule has 45 heavy (non-hydrogen) atoms. The van der Waals surface area contributed by atoms with Gasteiger partial charge in [-0.15, -0.1) is 0 Å². The Bertz CT molecular complexity index is 1910. The number of cyclic esters (lactones) is 1. The summed E-state index contributed by atoms with van der Waals surface area (Å²) in [5.74, 6) is 0.447. The second kappa shape index (κ2) is 10.9. The molecule has 1 atom stereocenters. The maximum absolute atomic E-state index is 13.6. The molecular weight excluding hydrogens is 576 g/mol. The molecule has 0 unspecified atom stereocenters. The summed E-state index contributed by atoms with van der Waals surface area (Å²) in [4.78, 5) is 48.4. The van der Waals surface area contributed by atoms with Crippen molar-refractivity contribution >= 4 is 28.7 Å². The van der Waals surface area contributed by atoms with Crippen LogP contribution in [-0.4, -0.2) is 64.9 Å². The van der Waals surface area contributed by atoms with Gasteiger partial charge in [-0.1, -0.05) is 19.9 Å². The van der Waals surface area contributed by atoms with Crippen LogP contribution < -0.4 is 19.9 Å². The van der Waals surface area contributed by atoms with Crippen LogP contribution in [0.25, 0.3) is 22.3 Å². The molecule has 11 nitrogen and oxygen atoms in total. The Balaban J connectivity index is 1.18. The summed E-state index contributed by atoms with van der Waals surface area (Å²) >= 11 is 0. The maximum atomic E-state index is 13.6. The van der Waals surface area contributed by atoms with Crippen molar-refractivity contribution in [3.05, 3.63) is 81.1 Å². The lowest BCUT2D eigenvalue weighted by atomic mass is 9.86. The molecule has 0 radical (unpaired) electrons. The van der Waals surface area contributed by atoms with Crippen molar-refractivity contribution < 1.29 is 28.9 Å². The number of carbonyl (C=O) groups excluding carboxylic acids is 2. The first kappa shape index (κ1) is 28.8. The number of ether oxygens (including phenoxy) is 3. The lowest BCUT2D eigenvalue weighted by Crippen LogP contribution is -2.49. The predicted octanol–water partition coefficient (Wildman–Crippen LogP) is 3.97. The molecule has 1 fully saturated rings. The number of methoxy groups -OCH3 is 1. The van der Waals surface area contributed by atoms with Gasteiger partial charge in [-0.05, 0) is 60.9 Å². The fourth-order valence-electron chi connectivity index (χ4n) is 6.57. The quantitative estimate of drug-likeness (QED) is 0.295. The van der Waals surface area contributed by atoms with E-state index in [2.05, 4.69) is 4.90 Å². The summed E-state index contributed by atoms with van der Waals surface area (Å²) in [5.41, 5.74) is 2.98. The molecule has 4 aromatic rings. The zero-order valence-corrected chi connectivity index (χ0v) is 25.5. The van der Waals surface area contributed by atoms with Crippen LogP contribution in [0.2, 0.25) is 0 Å². The molecule has 0 aliphatic carbocycles. The third-order valence-corrected chi connectivity index (χ3v) is 9.27. The number of nitrogens with zero attached hydrogens (tertiary/aromatic N) is 4. The van der Waals surface area contributed by atoms with Gasteiger partial charge in [0.05, 0.1) is 36.1 Å². The second-order valence-electron chi connectivity index (χ2n) is 11.6. The summed E-state index contributed by atoms with van der Waals surface area (Å²) < 4.78 is 18.0. The molecule has 5 heterocycles. The van der Waals surface area contributed by atoms with Gasteiger partial charge in [0.15, 0.2) is 5.60 Å². The molecule has 7 rings (SSSR count). The van der Waals surface area contributed by atoms with Crippen LogP contribution in [0.15, 0.2) is 53.3 Å². The van der Waals surface area contributed by atoms with E-state index in [9.17, 15) is 19.5 Å². The van der Waals surface area contributed by atoms with E-state index in [0.717, 1.165) is 22.6 Å². The Morgan fingerprint density at radius 3 is 2.49 bits per heavy atom. The molecule has 3 aliphatic rings. The van der Waals surface area contributed by atoms with Crippen molar-refractivity contribution in [2.45, 2.75) is 45.4 Å².